The van der Waals surface area contributed by atoms with E-state index in [9.17, 15) is 9.90 Å². The van der Waals surface area contributed by atoms with Crippen LogP contribution in [0, 0.1) is 5.41 Å². The molecule has 110 valence electrons. The number of pyridine rings is 1. The second kappa shape index (κ2) is 6.29. The summed E-state index contributed by atoms with van der Waals surface area (Å²) >= 11 is 11.7. The molecule has 1 aliphatic rings. The van der Waals surface area contributed by atoms with Crippen molar-refractivity contribution in [2.75, 3.05) is 7.11 Å². The Morgan fingerprint density at radius 2 is 1.85 bits per heavy atom. The number of carbonyl (C=O) groups excluding carboxylic acids is 1. The van der Waals surface area contributed by atoms with Crippen LogP contribution in [-0.4, -0.2) is 23.2 Å². The predicted octanol–water partition coefficient (Wildman–Crippen LogP) is 3.55. The van der Waals surface area contributed by atoms with E-state index < -0.39 is 11.5 Å². The summed E-state index contributed by atoms with van der Waals surface area (Å²) in [6.07, 6.45) is 3.03. The smallest absolute Gasteiger partial charge is 0.314 e. The Morgan fingerprint density at radius 3 is 2.35 bits per heavy atom. The molecule has 4 nitrogen and oxygen atoms in total. The third-order valence-electron chi connectivity index (χ3n) is 3.96. The van der Waals surface area contributed by atoms with E-state index in [1.807, 2.05) is 0 Å². The first-order valence-corrected chi connectivity index (χ1v) is 7.34. The Morgan fingerprint density at radius 1 is 1.30 bits per heavy atom. The summed E-state index contributed by atoms with van der Waals surface area (Å²) in [6, 6.07) is 3.08. The topological polar surface area (TPSA) is 59.4 Å². The Balaban J connectivity index is 2.39. The average Bonchev–Trinajstić information content (AvgIpc) is 2.45. The molecule has 0 spiro atoms. The summed E-state index contributed by atoms with van der Waals surface area (Å²) in [6.45, 7) is 0. The van der Waals surface area contributed by atoms with Crippen LogP contribution in [0.2, 0.25) is 10.3 Å². The van der Waals surface area contributed by atoms with Gasteiger partial charge in [0.1, 0.15) is 10.3 Å². The number of nitrogens with zero attached hydrogens (tertiary/aromatic N) is 1. The van der Waals surface area contributed by atoms with Gasteiger partial charge in [0.05, 0.1) is 18.6 Å². The molecule has 1 heterocycles. The quantitative estimate of drug-likeness (QED) is 0.684. The molecule has 1 N–H and O–H groups in total. The van der Waals surface area contributed by atoms with E-state index in [1.54, 1.807) is 0 Å². The second-order valence-corrected chi connectivity index (χ2v) is 5.93. The minimum Gasteiger partial charge on any atom is -0.469 e. The lowest BCUT2D eigenvalue weighted by molar-refractivity contribution is -0.164. The van der Waals surface area contributed by atoms with Gasteiger partial charge < -0.3 is 9.84 Å². The normalized spacial score (nSPS) is 19.4. The van der Waals surface area contributed by atoms with Crippen molar-refractivity contribution >= 4 is 29.2 Å². The molecule has 20 heavy (non-hydrogen) atoms. The lowest BCUT2D eigenvalue weighted by atomic mass is 9.68. The number of aliphatic hydroxyl groups is 1. The molecule has 0 saturated heterocycles. The Hall–Kier alpha value is -0.840. The fourth-order valence-corrected chi connectivity index (χ4v) is 3.41. The lowest BCUT2D eigenvalue weighted by Gasteiger charge is -2.38. The molecule has 0 aromatic carbocycles. The predicted molar refractivity (Wildman–Crippen MR) is 76.8 cm³/mol. The van der Waals surface area contributed by atoms with Gasteiger partial charge >= 0.3 is 5.97 Å². The minimum atomic E-state index is -0.992. The monoisotopic (exact) mass is 317 g/mol. The molecule has 1 saturated carbocycles. The molecule has 0 amide bonds. The van der Waals surface area contributed by atoms with Gasteiger partial charge in [-0.15, -0.1) is 0 Å². The number of ether oxygens (including phenoxy) is 1. The van der Waals surface area contributed by atoms with E-state index >= 15 is 0 Å². The first kappa shape index (κ1) is 15.5. The number of hydrogen-bond acceptors (Lipinski definition) is 4. The number of rotatable bonds is 3. The van der Waals surface area contributed by atoms with Crippen LogP contribution in [0.15, 0.2) is 12.1 Å². The Labute approximate surface area is 128 Å². The number of aromatic nitrogens is 1. The summed E-state index contributed by atoms with van der Waals surface area (Å²) in [5, 5.41) is 11.1. The van der Waals surface area contributed by atoms with Gasteiger partial charge in [0, 0.05) is 0 Å². The van der Waals surface area contributed by atoms with E-state index in [-0.39, 0.29) is 16.3 Å². The fourth-order valence-electron chi connectivity index (χ4n) is 2.94. The third kappa shape index (κ3) is 2.92. The minimum absolute atomic E-state index is 0.197. The standard InChI is InChI=1S/C14H17Cl2NO3/c1-20-13(19)14(5-3-2-4-6-14)12(18)9-7-10(15)17-11(16)8-9/h7-8,12,18H,2-6H2,1H3. The van der Waals surface area contributed by atoms with Crippen molar-refractivity contribution in [2.24, 2.45) is 5.41 Å². The molecule has 1 unspecified atom stereocenters. The average molecular weight is 318 g/mol. The second-order valence-electron chi connectivity index (χ2n) is 5.16. The highest BCUT2D eigenvalue weighted by molar-refractivity contribution is 6.32. The van der Waals surface area contributed by atoms with Crippen LogP contribution in [0.3, 0.4) is 0 Å². The number of hydrogen-bond donors (Lipinski definition) is 1. The van der Waals surface area contributed by atoms with Crippen molar-refractivity contribution in [3.05, 3.63) is 28.0 Å². The van der Waals surface area contributed by atoms with Gasteiger partial charge in [0.15, 0.2) is 0 Å². The van der Waals surface area contributed by atoms with Crippen LogP contribution < -0.4 is 0 Å². The largest absolute Gasteiger partial charge is 0.469 e. The summed E-state index contributed by atoms with van der Waals surface area (Å²) < 4.78 is 4.92. The van der Waals surface area contributed by atoms with E-state index in [1.165, 1.54) is 19.2 Å². The van der Waals surface area contributed by atoms with E-state index in [0.29, 0.717) is 18.4 Å². The zero-order valence-electron chi connectivity index (χ0n) is 11.2. The number of carbonyl (C=O) groups is 1. The molecule has 2 rings (SSSR count). The van der Waals surface area contributed by atoms with E-state index in [2.05, 4.69) is 4.98 Å². The van der Waals surface area contributed by atoms with Crippen molar-refractivity contribution < 1.29 is 14.6 Å². The zero-order valence-corrected chi connectivity index (χ0v) is 12.7. The molecule has 6 heteroatoms. The maximum absolute atomic E-state index is 12.2. The fraction of sp³-hybridized carbons (Fsp3) is 0.571. The molecule has 1 fully saturated rings. The maximum Gasteiger partial charge on any atom is 0.314 e. The first-order valence-electron chi connectivity index (χ1n) is 6.59. The molecular weight excluding hydrogens is 301 g/mol. The molecule has 0 bridgehead atoms. The summed E-state index contributed by atoms with van der Waals surface area (Å²) in [4.78, 5) is 16.1. The van der Waals surface area contributed by atoms with Crippen molar-refractivity contribution in [1.82, 2.24) is 4.98 Å². The summed E-state index contributed by atoms with van der Waals surface area (Å²) in [5.74, 6) is -0.381. The van der Waals surface area contributed by atoms with Crippen LogP contribution in [0.4, 0.5) is 0 Å². The van der Waals surface area contributed by atoms with Gasteiger partial charge in [0.2, 0.25) is 0 Å². The van der Waals surface area contributed by atoms with Gasteiger partial charge in [-0.2, -0.15) is 0 Å². The number of esters is 1. The van der Waals surface area contributed by atoms with Gasteiger partial charge in [-0.1, -0.05) is 42.5 Å². The van der Waals surface area contributed by atoms with Crippen LogP contribution in [-0.2, 0) is 9.53 Å². The van der Waals surface area contributed by atoms with Crippen molar-refractivity contribution in [1.29, 1.82) is 0 Å². The summed E-state index contributed by atoms with van der Waals surface area (Å²) in [5.41, 5.74) is -0.414. The Bertz CT molecular complexity index is 481. The van der Waals surface area contributed by atoms with Crippen LogP contribution in [0.25, 0.3) is 0 Å². The highest BCUT2D eigenvalue weighted by atomic mass is 35.5. The highest BCUT2D eigenvalue weighted by Crippen LogP contribution is 2.47. The van der Waals surface area contributed by atoms with Crippen molar-refractivity contribution in [2.45, 2.75) is 38.2 Å². The van der Waals surface area contributed by atoms with Crippen molar-refractivity contribution in [3.8, 4) is 0 Å². The number of methoxy groups -OCH3 is 1. The first-order chi connectivity index (χ1) is 9.49. The van der Waals surface area contributed by atoms with Crippen LogP contribution in [0.5, 0.6) is 0 Å². The van der Waals surface area contributed by atoms with Crippen LogP contribution >= 0.6 is 23.2 Å². The van der Waals surface area contributed by atoms with Crippen LogP contribution in [0.1, 0.15) is 43.8 Å². The Kier molecular flexibility index (Phi) is 4.89. The maximum atomic E-state index is 12.2. The SMILES string of the molecule is COC(=O)C1(C(O)c2cc(Cl)nc(Cl)c2)CCCCC1. The molecule has 0 radical (unpaired) electrons. The zero-order chi connectivity index (χ0) is 14.8. The van der Waals surface area contributed by atoms with E-state index in [0.717, 1.165) is 19.3 Å². The molecular formula is C14H17Cl2NO3. The van der Waals surface area contributed by atoms with Gasteiger partial charge in [-0.05, 0) is 30.5 Å². The highest BCUT2D eigenvalue weighted by Gasteiger charge is 2.47. The summed E-state index contributed by atoms with van der Waals surface area (Å²) in [7, 11) is 1.35. The number of aliphatic hydroxyl groups excluding tert-OH is 1. The molecule has 0 aliphatic heterocycles. The van der Waals surface area contributed by atoms with Crippen molar-refractivity contribution in [3.63, 3.8) is 0 Å². The third-order valence-corrected chi connectivity index (χ3v) is 4.35. The van der Waals surface area contributed by atoms with Gasteiger partial charge in [-0.3, -0.25) is 4.79 Å². The number of halogens is 2. The van der Waals surface area contributed by atoms with E-state index in [4.69, 9.17) is 27.9 Å². The molecule has 1 atom stereocenters. The van der Waals surface area contributed by atoms with Gasteiger partial charge in [-0.25, -0.2) is 4.98 Å². The molecule has 1 aromatic heterocycles. The molecule has 1 aliphatic carbocycles. The molecule has 1 aromatic rings. The van der Waals surface area contributed by atoms with Gasteiger partial charge in [0.25, 0.3) is 0 Å². The lowest BCUT2D eigenvalue weighted by Crippen LogP contribution is -2.40.